The highest BCUT2D eigenvalue weighted by molar-refractivity contribution is 6.31. The zero-order chi connectivity index (χ0) is 21.9. The van der Waals surface area contributed by atoms with E-state index in [9.17, 15) is 23.3 Å². The molecule has 0 atom stereocenters. The van der Waals surface area contributed by atoms with Gasteiger partial charge in [0, 0.05) is 10.7 Å². The molecule has 0 aliphatic carbocycles. The molecule has 2 N–H and O–H groups in total. The molecule has 0 saturated carbocycles. The van der Waals surface area contributed by atoms with Crippen LogP contribution in [-0.4, -0.2) is 22.0 Å². The predicted octanol–water partition coefficient (Wildman–Crippen LogP) is 5.55. The molecule has 3 aromatic rings. The van der Waals surface area contributed by atoms with Gasteiger partial charge in [-0.25, -0.2) is 9.97 Å². The molecule has 0 aliphatic heterocycles. The van der Waals surface area contributed by atoms with E-state index in [1.165, 1.54) is 13.2 Å². The average molecular weight is 440 g/mol. The highest BCUT2D eigenvalue weighted by Gasteiger charge is 2.30. The van der Waals surface area contributed by atoms with E-state index >= 15 is 0 Å². The van der Waals surface area contributed by atoms with Gasteiger partial charge in [0.2, 0.25) is 11.6 Å². The molecule has 12 heteroatoms. The zero-order valence-corrected chi connectivity index (χ0v) is 16.0. The smallest absolute Gasteiger partial charge is 0.416 e. The van der Waals surface area contributed by atoms with Gasteiger partial charge < -0.3 is 15.4 Å². The van der Waals surface area contributed by atoms with Crippen molar-refractivity contribution in [3.05, 3.63) is 69.5 Å². The van der Waals surface area contributed by atoms with Crippen LogP contribution >= 0.6 is 11.6 Å². The van der Waals surface area contributed by atoms with Crippen LogP contribution in [-0.2, 0) is 6.18 Å². The topological polar surface area (TPSA) is 102 Å². The molecule has 0 amide bonds. The first kappa shape index (κ1) is 21.1. The second-order valence-electron chi connectivity index (χ2n) is 5.85. The quantitative estimate of drug-likeness (QED) is 0.383. The summed E-state index contributed by atoms with van der Waals surface area (Å²) < 4.78 is 43.3. The van der Waals surface area contributed by atoms with E-state index in [1.54, 1.807) is 12.1 Å². The van der Waals surface area contributed by atoms with Gasteiger partial charge in [-0.1, -0.05) is 11.6 Å². The Morgan fingerprint density at radius 1 is 1.07 bits per heavy atom. The second-order valence-corrected chi connectivity index (χ2v) is 6.28. The van der Waals surface area contributed by atoms with Crippen molar-refractivity contribution in [2.75, 3.05) is 17.7 Å². The summed E-state index contributed by atoms with van der Waals surface area (Å²) in [5, 5.41) is 17.4. The fraction of sp³-hybridized carbons (Fsp3) is 0.111. The summed E-state index contributed by atoms with van der Waals surface area (Å²) in [4.78, 5) is 18.7. The van der Waals surface area contributed by atoms with Crippen LogP contribution in [0.1, 0.15) is 5.56 Å². The Kier molecular flexibility index (Phi) is 5.92. The van der Waals surface area contributed by atoms with Gasteiger partial charge in [0.15, 0.2) is 0 Å². The maximum atomic E-state index is 12.7. The van der Waals surface area contributed by atoms with Crippen molar-refractivity contribution in [3.63, 3.8) is 0 Å². The highest BCUT2D eigenvalue weighted by Crippen LogP contribution is 2.37. The summed E-state index contributed by atoms with van der Waals surface area (Å²) in [7, 11) is 1.42. The third-order valence-corrected chi connectivity index (χ3v) is 4.13. The monoisotopic (exact) mass is 439 g/mol. The summed E-state index contributed by atoms with van der Waals surface area (Å²) in [5.41, 5.74) is -0.858. The van der Waals surface area contributed by atoms with E-state index in [2.05, 4.69) is 20.6 Å². The molecule has 2 aromatic carbocycles. The highest BCUT2D eigenvalue weighted by atomic mass is 35.5. The molecule has 1 aromatic heterocycles. The molecule has 1 heterocycles. The van der Waals surface area contributed by atoms with Gasteiger partial charge in [0.05, 0.1) is 23.3 Å². The Morgan fingerprint density at radius 2 is 1.70 bits per heavy atom. The second kappa shape index (κ2) is 8.41. The van der Waals surface area contributed by atoms with Crippen LogP contribution in [0.3, 0.4) is 0 Å². The minimum Gasteiger partial charge on any atom is -0.495 e. The number of benzene rings is 2. The summed E-state index contributed by atoms with van der Waals surface area (Å²) in [5.74, 6) is -0.00668. The Bertz CT molecular complexity index is 1080. The van der Waals surface area contributed by atoms with Crippen LogP contribution < -0.4 is 15.4 Å². The number of hydrogen-bond acceptors (Lipinski definition) is 7. The predicted molar refractivity (Wildman–Crippen MR) is 105 cm³/mol. The first-order valence-electron chi connectivity index (χ1n) is 8.23. The fourth-order valence-electron chi connectivity index (χ4n) is 2.52. The first-order chi connectivity index (χ1) is 14.2. The largest absolute Gasteiger partial charge is 0.495 e. The average Bonchev–Trinajstić information content (AvgIpc) is 2.68. The van der Waals surface area contributed by atoms with E-state index in [-0.39, 0.29) is 17.3 Å². The van der Waals surface area contributed by atoms with Crippen molar-refractivity contribution in [2.45, 2.75) is 6.18 Å². The molecular weight excluding hydrogens is 427 g/mol. The SMILES string of the molecule is COc1ccc(Cl)cc1Nc1ncnc(Nc2ccc(C(F)(F)F)cc2)c1[N+](=O)[O-]. The Labute approximate surface area is 172 Å². The summed E-state index contributed by atoms with van der Waals surface area (Å²) in [6.45, 7) is 0. The molecule has 3 rings (SSSR count). The van der Waals surface area contributed by atoms with Crippen LogP contribution in [0, 0.1) is 10.1 Å². The standard InChI is InChI=1S/C18H13ClF3N5O3/c1-30-14-7-4-11(19)8-13(14)26-17-15(27(28)29)16(23-9-24-17)25-12-5-2-10(3-6-12)18(20,21)22/h2-9H,1H3,(H2,23,24,25,26). The number of nitrogens with one attached hydrogen (secondary N) is 2. The Morgan fingerprint density at radius 3 is 2.27 bits per heavy atom. The summed E-state index contributed by atoms with van der Waals surface area (Å²) in [6.07, 6.45) is -3.43. The molecule has 0 bridgehead atoms. The van der Waals surface area contributed by atoms with Crippen LogP contribution in [0.4, 0.5) is 41.9 Å². The van der Waals surface area contributed by atoms with Gasteiger partial charge in [-0.2, -0.15) is 13.2 Å². The van der Waals surface area contributed by atoms with Crippen LogP contribution in [0.25, 0.3) is 0 Å². The molecule has 0 aliphatic rings. The van der Waals surface area contributed by atoms with Gasteiger partial charge in [-0.15, -0.1) is 0 Å². The third-order valence-electron chi connectivity index (χ3n) is 3.89. The molecule has 0 unspecified atom stereocenters. The van der Waals surface area contributed by atoms with E-state index in [0.717, 1.165) is 30.6 Å². The van der Waals surface area contributed by atoms with Crippen molar-refractivity contribution in [1.82, 2.24) is 9.97 Å². The minimum absolute atomic E-state index is 0.162. The lowest BCUT2D eigenvalue weighted by Crippen LogP contribution is -2.07. The number of hydrogen-bond donors (Lipinski definition) is 2. The Hall–Kier alpha value is -3.60. The maximum absolute atomic E-state index is 12.7. The fourth-order valence-corrected chi connectivity index (χ4v) is 2.69. The van der Waals surface area contributed by atoms with E-state index < -0.39 is 22.4 Å². The number of ether oxygens (including phenoxy) is 1. The first-order valence-corrected chi connectivity index (χ1v) is 8.61. The number of alkyl halides is 3. The van der Waals surface area contributed by atoms with E-state index in [4.69, 9.17) is 16.3 Å². The van der Waals surface area contributed by atoms with Crippen molar-refractivity contribution in [1.29, 1.82) is 0 Å². The molecule has 0 fully saturated rings. The molecule has 8 nitrogen and oxygen atoms in total. The van der Waals surface area contributed by atoms with Crippen LogP contribution in [0.2, 0.25) is 5.02 Å². The Balaban J connectivity index is 1.96. The van der Waals surface area contributed by atoms with Gasteiger partial charge in [-0.05, 0) is 42.5 Å². The number of aromatic nitrogens is 2. The normalized spacial score (nSPS) is 11.1. The number of nitro groups is 1. The van der Waals surface area contributed by atoms with Crippen LogP contribution in [0.15, 0.2) is 48.8 Å². The van der Waals surface area contributed by atoms with Gasteiger partial charge in [-0.3, -0.25) is 10.1 Å². The molecule has 0 saturated heterocycles. The molecule has 156 valence electrons. The lowest BCUT2D eigenvalue weighted by Gasteiger charge is -2.13. The number of nitrogens with zero attached hydrogens (tertiary/aromatic N) is 3. The lowest BCUT2D eigenvalue weighted by molar-refractivity contribution is -0.383. The molecule has 0 radical (unpaired) electrons. The van der Waals surface area contributed by atoms with Gasteiger partial charge in [0.25, 0.3) is 0 Å². The third kappa shape index (κ3) is 4.69. The number of rotatable bonds is 6. The number of methoxy groups -OCH3 is 1. The number of anilines is 4. The van der Waals surface area contributed by atoms with Crippen molar-refractivity contribution in [3.8, 4) is 5.75 Å². The number of halogens is 4. The van der Waals surface area contributed by atoms with Crippen molar-refractivity contribution in [2.24, 2.45) is 0 Å². The molecule has 0 spiro atoms. The van der Waals surface area contributed by atoms with Gasteiger partial charge >= 0.3 is 11.9 Å². The van der Waals surface area contributed by atoms with E-state index in [1.807, 2.05) is 0 Å². The van der Waals surface area contributed by atoms with Crippen molar-refractivity contribution >= 4 is 40.3 Å². The minimum atomic E-state index is -4.49. The lowest BCUT2D eigenvalue weighted by atomic mass is 10.2. The molecular formula is C18H13ClF3N5O3. The zero-order valence-electron chi connectivity index (χ0n) is 15.2. The van der Waals surface area contributed by atoms with Gasteiger partial charge in [0.1, 0.15) is 12.1 Å². The summed E-state index contributed by atoms with van der Waals surface area (Å²) in [6, 6.07) is 8.63. The van der Waals surface area contributed by atoms with E-state index in [0.29, 0.717) is 16.5 Å². The van der Waals surface area contributed by atoms with Crippen molar-refractivity contribution < 1.29 is 22.8 Å². The van der Waals surface area contributed by atoms with Crippen LogP contribution in [0.5, 0.6) is 5.75 Å². The maximum Gasteiger partial charge on any atom is 0.416 e. The summed E-state index contributed by atoms with van der Waals surface area (Å²) >= 11 is 5.97. The molecule has 30 heavy (non-hydrogen) atoms.